The SMILES string of the molecule is COC(C)(C)C#Cc1nc(Cl)n(Cc2ccc(F)cc2)c1C(=O)CCc1ccc(C)cc1. The third-order valence-corrected chi connectivity index (χ3v) is 5.48. The monoisotopic (exact) mass is 452 g/mol. The number of ether oxygens (including phenoxy) is 1. The van der Waals surface area contributed by atoms with E-state index in [0.29, 0.717) is 17.8 Å². The van der Waals surface area contributed by atoms with E-state index in [9.17, 15) is 9.18 Å². The first-order valence-electron chi connectivity index (χ1n) is 10.4. The molecule has 0 aliphatic rings. The van der Waals surface area contributed by atoms with Crippen LogP contribution < -0.4 is 0 Å². The van der Waals surface area contributed by atoms with Crippen molar-refractivity contribution in [3.63, 3.8) is 0 Å². The molecule has 0 aliphatic carbocycles. The second kappa shape index (κ2) is 10.1. The first-order chi connectivity index (χ1) is 15.2. The van der Waals surface area contributed by atoms with Gasteiger partial charge in [0.25, 0.3) is 0 Å². The van der Waals surface area contributed by atoms with Crippen LogP contribution in [-0.2, 0) is 17.7 Å². The summed E-state index contributed by atoms with van der Waals surface area (Å²) in [5, 5.41) is 0.160. The highest BCUT2D eigenvalue weighted by molar-refractivity contribution is 6.29. The molecule has 0 spiro atoms. The van der Waals surface area contributed by atoms with Crippen molar-refractivity contribution in [2.75, 3.05) is 7.11 Å². The minimum atomic E-state index is -0.699. The third kappa shape index (κ3) is 6.06. The molecule has 166 valence electrons. The number of hydrogen-bond donors (Lipinski definition) is 0. The maximum Gasteiger partial charge on any atom is 0.204 e. The van der Waals surface area contributed by atoms with Gasteiger partial charge in [-0.1, -0.05) is 47.9 Å². The fraction of sp³-hybridized carbons (Fsp3) is 0.308. The largest absolute Gasteiger partial charge is 0.366 e. The minimum absolute atomic E-state index is 0.105. The zero-order chi connectivity index (χ0) is 23.3. The predicted octanol–water partition coefficient (Wildman–Crippen LogP) is 5.62. The molecule has 0 bridgehead atoms. The number of Topliss-reactive ketones (excluding diaryl/α,β-unsaturated/α-hetero) is 1. The van der Waals surface area contributed by atoms with Crippen LogP contribution in [-0.4, -0.2) is 28.0 Å². The van der Waals surface area contributed by atoms with Gasteiger partial charge in [-0.25, -0.2) is 9.37 Å². The van der Waals surface area contributed by atoms with Crippen LogP contribution in [0.5, 0.6) is 0 Å². The molecule has 0 N–H and O–H groups in total. The predicted molar refractivity (Wildman–Crippen MR) is 125 cm³/mol. The van der Waals surface area contributed by atoms with Crippen molar-refractivity contribution in [2.45, 2.75) is 45.8 Å². The average Bonchev–Trinajstić information content (AvgIpc) is 3.08. The number of halogens is 2. The molecule has 0 radical (unpaired) electrons. The first-order valence-corrected chi connectivity index (χ1v) is 10.7. The zero-order valence-electron chi connectivity index (χ0n) is 18.7. The number of hydrogen-bond acceptors (Lipinski definition) is 3. The molecule has 3 aromatic rings. The van der Waals surface area contributed by atoms with Gasteiger partial charge in [0.1, 0.15) is 22.8 Å². The summed E-state index contributed by atoms with van der Waals surface area (Å²) in [7, 11) is 1.57. The van der Waals surface area contributed by atoms with Gasteiger partial charge in [-0.3, -0.25) is 4.79 Å². The molecule has 0 amide bonds. The van der Waals surface area contributed by atoms with Gasteiger partial charge in [0.15, 0.2) is 5.78 Å². The number of carbonyl (C=O) groups is 1. The summed E-state index contributed by atoms with van der Waals surface area (Å²) < 4.78 is 20.3. The van der Waals surface area contributed by atoms with Gasteiger partial charge in [0, 0.05) is 13.5 Å². The first kappa shape index (κ1) is 23.7. The third-order valence-electron chi connectivity index (χ3n) is 5.19. The van der Waals surface area contributed by atoms with E-state index in [1.165, 1.54) is 17.7 Å². The second-order valence-electron chi connectivity index (χ2n) is 8.16. The van der Waals surface area contributed by atoms with Crippen molar-refractivity contribution >= 4 is 17.4 Å². The molecular weight excluding hydrogens is 427 g/mol. The fourth-order valence-corrected chi connectivity index (χ4v) is 3.33. The molecule has 1 aromatic heterocycles. The van der Waals surface area contributed by atoms with Crippen molar-refractivity contribution in [1.82, 2.24) is 9.55 Å². The molecule has 0 aliphatic heterocycles. The standard InChI is InChI=1S/C26H26ClFN2O2/c1-18-5-7-19(8-6-18)11-14-23(31)24-22(15-16-26(2,3)32-4)29-25(27)30(24)17-20-9-12-21(28)13-10-20/h5-10,12-13H,11,14,17H2,1-4H3. The van der Waals surface area contributed by atoms with E-state index < -0.39 is 5.60 Å². The number of ketones is 1. The molecule has 0 unspecified atom stereocenters. The van der Waals surface area contributed by atoms with Crippen molar-refractivity contribution in [2.24, 2.45) is 0 Å². The van der Waals surface area contributed by atoms with Gasteiger partial charge in [-0.05, 0) is 68.0 Å². The molecule has 0 saturated carbocycles. The number of aromatic nitrogens is 2. The Balaban J connectivity index is 1.95. The molecular formula is C26H26ClFN2O2. The number of nitrogens with zero attached hydrogens (tertiary/aromatic N) is 2. The van der Waals surface area contributed by atoms with Crippen LogP contribution >= 0.6 is 11.6 Å². The normalized spacial score (nSPS) is 11.2. The van der Waals surface area contributed by atoms with E-state index in [1.54, 1.807) is 23.8 Å². The molecule has 6 heteroatoms. The maximum absolute atomic E-state index is 13.3. The summed E-state index contributed by atoms with van der Waals surface area (Å²) in [5.74, 6) is 5.55. The van der Waals surface area contributed by atoms with Crippen LogP contribution in [0.25, 0.3) is 0 Å². The van der Waals surface area contributed by atoms with Gasteiger partial charge in [-0.2, -0.15) is 0 Å². The van der Waals surface area contributed by atoms with Crippen molar-refractivity contribution in [3.8, 4) is 11.8 Å². The van der Waals surface area contributed by atoms with E-state index in [4.69, 9.17) is 16.3 Å². The van der Waals surface area contributed by atoms with Crippen LogP contribution in [0, 0.1) is 24.6 Å². The minimum Gasteiger partial charge on any atom is -0.366 e. The Kier molecular flexibility index (Phi) is 7.50. The number of rotatable bonds is 7. The Hall–Kier alpha value is -2.94. The van der Waals surface area contributed by atoms with Gasteiger partial charge in [0.2, 0.25) is 5.28 Å². The molecule has 0 saturated heterocycles. The lowest BCUT2D eigenvalue weighted by Gasteiger charge is -2.14. The van der Waals surface area contributed by atoms with Crippen LogP contribution in [0.4, 0.5) is 4.39 Å². The lowest BCUT2D eigenvalue weighted by Crippen LogP contribution is -2.19. The zero-order valence-corrected chi connectivity index (χ0v) is 19.5. The van der Waals surface area contributed by atoms with Crippen LogP contribution in [0.15, 0.2) is 48.5 Å². The van der Waals surface area contributed by atoms with Crippen LogP contribution in [0.3, 0.4) is 0 Å². The van der Waals surface area contributed by atoms with Gasteiger partial charge < -0.3 is 9.30 Å². The number of methoxy groups -OCH3 is 1. The number of benzene rings is 2. The van der Waals surface area contributed by atoms with Crippen LogP contribution in [0.2, 0.25) is 5.28 Å². The van der Waals surface area contributed by atoms with E-state index in [0.717, 1.165) is 11.1 Å². The quantitative estimate of drug-likeness (QED) is 0.345. The Morgan fingerprint density at radius 3 is 2.38 bits per heavy atom. The number of carbonyl (C=O) groups excluding carboxylic acids is 1. The van der Waals surface area contributed by atoms with Crippen molar-refractivity contribution < 1.29 is 13.9 Å². The molecule has 1 heterocycles. The number of aryl methyl sites for hydroxylation is 2. The lowest BCUT2D eigenvalue weighted by atomic mass is 10.0. The highest BCUT2D eigenvalue weighted by Crippen LogP contribution is 2.21. The summed E-state index contributed by atoms with van der Waals surface area (Å²) in [5.41, 5.74) is 3.02. The van der Waals surface area contributed by atoms with Gasteiger partial charge in [0.05, 0.1) is 6.54 Å². The summed E-state index contributed by atoms with van der Waals surface area (Å²) in [6, 6.07) is 14.2. The summed E-state index contributed by atoms with van der Waals surface area (Å²) in [4.78, 5) is 17.7. The lowest BCUT2D eigenvalue weighted by molar-refractivity contribution is 0.0741. The van der Waals surface area contributed by atoms with Crippen molar-refractivity contribution in [1.29, 1.82) is 0 Å². The molecule has 0 atom stereocenters. The smallest absolute Gasteiger partial charge is 0.204 e. The summed E-state index contributed by atoms with van der Waals surface area (Å²) in [6.07, 6.45) is 0.881. The van der Waals surface area contributed by atoms with Gasteiger partial charge in [-0.15, -0.1) is 0 Å². The summed E-state index contributed by atoms with van der Waals surface area (Å²) in [6.45, 7) is 5.97. The summed E-state index contributed by atoms with van der Waals surface area (Å²) >= 11 is 6.42. The topological polar surface area (TPSA) is 44.1 Å². The fourth-order valence-electron chi connectivity index (χ4n) is 3.10. The van der Waals surface area contributed by atoms with E-state index in [-0.39, 0.29) is 29.8 Å². The Morgan fingerprint density at radius 2 is 1.75 bits per heavy atom. The molecule has 32 heavy (non-hydrogen) atoms. The van der Waals surface area contributed by atoms with Crippen molar-refractivity contribution in [3.05, 3.63) is 87.7 Å². The Bertz CT molecular complexity index is 1150. The molecule has 3 rings (SSSR count). The Labute approximate surface area is 193 Å². The second-order valence-corrected chi connectivity index (χ2v) is 8.50. The number of imidazole rings is 1. The van der Waals surface area contributed by atoms with E-state index >= 15 is 0 Å². The van der Waals surface area contributed by atoms with E-state index in [2.05, 4.69) is 16.8 Å². The van der Waals surface area contributed by atoms with E-state index in [1.807, 2.05) is 45.0 Å². The molecule has 4 nitrogen and oxygen atoms in total. The average molecular weight is 453 g/mol. The Morgan fingerprint density at radius 1 is 1.12 bits per heavy atom. The molecule has 2 aromatic carbocycles. The highest BCUT2D eigenvalue weighted by Gasteiger charge is 2.22. The maximum atomic E-state index is 13.3. The van der Waals surface area contributed by atoms with Crippen LogP contribution in [0.1, 0.15) is 53.1 Å². The van der Waals surface area contributed by atoms with Gasteiger partial charge >= 0.3 is 0 Å². The highest BCUT2D eigenvalue weighted by atomic mass is 35.5. The molecule has 0 fully saturated rings.